The summed E-state index contributed by atoms with van der Waals surface area (Å²) in [5.41, 5.74) is 4.63. The maximum absolute atomic E-state index is 12.5. The number of hydrogen-bond acceptors (Lipinski definition) is 5. The summed E-state index contributed by atoms with van der Waals surface area (Å²) in [4.78, 5) is 37.4. The van der Waals surface area contributed by atoms with Gasteiger partial charge in [-0.2, -0.15) is 0 Å². The van der Waals surface area contributed by atoms with Crippen molar-refractivity contribution in [2.24, 2.45) is 5.92 Å². The number of aliphatic hydroxyl groups is 1. The van der Waals surface area contributed by atoms with Crippen molar-refractivity contribution in [2.45, 2.75) is 44.2 Å². The summed E-state index contributed by atoms with van der Waals surface area (Å²) in [6.07, 6.45) is -0.560. The molecular weight excluding hydrogens is 436 g/mol. The Kier molecular flexibility index (Phi) is 7.17. The smallest absolute Gasteiger partial charge is 0.407 e. The minimum Gasteiger partial charge on any atom is -0.480 e. The van der Waals surface area contributed by atoms with Gasteiger partial charge in [0.1, 0.15) is 12.6 Å². The van der Waals surface area contributed by atoms with Gasteiger partial charge in [-0.1, -0.05) is 55.5 Å². The quantitative estimate of drug-likeness (QED) is 0.551. The van der Waals surface area contributed by atoms with Gasteiger partial charge in [0.2, 0.25) is 5.91 Å². The van der Waals surface area contributed by atoms with Gasteiger partial charge in [-0.3, -0.25) is 4.79 Å². The molecule has 34 heavy (non-hydrogen) atoms. The zero-order valence-electron chi connectivity index (χ0n) is 19.1. The van der Waals surface area contributed by atoms with Crippen LogP contribution in [-0.4, -0.2) is 64.9 Å². The van der Waals surface area contributed by atoms with Crippen molar-refractivity contribution >= 4 is 18.0 Å². The molecule has 3 N–H and O–H groups in total. The van der Waals surface area contributed by atoms with Gasteiger partial charge in [-0.05, 0) is 34.6 Å². The molecule has 1 aliphatic carbocycles. The van der Waals surface area contributed by atoms with Gasteiger partial charge in [-0.25, -0.2) is 9.59 Å². The maximum atomic E-state index is 12.5. The highest BCUT2D eigenvalue weighted by atomic mass is 16.5. The second kappa shape index (κ2) is 10.3. The molecular formula is C26H30N2O6. The van der Waals surface area contributed by atoms with E-state index < -0.39 is 24.2 Å². The number of carbonyl (C=O) groups is 3. The Morgan fingerprint density at radius 2 is 1.71 bits per heavy atom. The normalized spacial score (nSPS) is 19.9. The lowest BCUT2D eigenvalue weighted by Gasteiger charge is -2.23. The zero-order chi connectivity index (χ0) is 24.2. The minimum atomic E-state index is -1.10. The van der Waals surface area contributed by atoms with E-state index in [9.17, 15) is 24.6 Å². The van der Waals surface area contributed by atoms with Crippen molar-refractivity contribution in [3.05, 3.63) is 59.7 Å². The number of amides is 2. The molecule has 0 aromatic heterocycles. The topological polar surface area (TPSA) is 116 Å². The number of β-amino-alcohol motifs (C(OH)–C–C–N with tert-alkyl or cyclic N) is 1. The van der Waals surface area contributed by atoms with Crippen LogP contribution in [0, 0.1) is 5.92 Å². The van der Waals surface area contributed by atoms with E-state index in [1.807, 2.05) is 31.2 Å². The van der Waals surface area contributed by atoms with E-state index in [4.69, 9.17) is 4.74 Å². The van der Waals surface area contributed by atoms with Crippen molar-refractivity contribution in [2.75, 3.05) is 19.7 Å². The van der Waals surface area contributed by atoms with Gasteiger partial charge in [0, 0.05) is 31.8 Å². The van der Waals surface area contributed by atoms with Crippen molar-refractivity contribution in [3.63, 3.8) is 0 Å². The van der Waals surface area contributed by atoms with E-state index in [2.05, 4.69) is 29.6 Å². The average molecular weight is 467 g/mol. The predicted octanol–water partition coefficient (Wildman–Crippen LogP) is 2.99. The first kappa shape index (κ1) is 23.8. The fourth-order valence-corrected chi connectivity index (χ4v) is 4.91. The van der Waals surface area contributed by atoms with Gasteiger partial charge in [0.05, 0.1) is 6.10 Å². The van der Waals surface area contributed by atoms with Crippen LogP contribution in [0.1, 0.15) is 43.2 Å². The number of likely N-dealkylation sites (tertiary alicyclic amines) is 1. The van der Waals surface area contributed by atoms with Crippen molar-refractivity contribution in [1.82, 2.24) is 10.2 Å². The molecule has 180 valence electrons. The highest BCUT2D eigenvalue weighted by molar-refractivity contribution is 5.84. The fraction of sp³-hybridized carbons (Fsp3) is 0.423. The zero-order valence-corrected chi connectivity index (χ0v) is 19.1. The van der Waals surface area contributed by atoms with E-state index >= 15 is 0 Å². The van der Waals surface area contributed by atoms with E-state index in [0.29, 0.717) is 13.0 Å². The van der Waals surface area contributed by atoms with Crippen molar-refractivity contribution in [1.29, 1.82) is 0 Å². The highest BCUT2D eigenvalue weighted by Crippen LogP contribution is 2.44. The van der Waals surface area contributed by atoms with Crippen LogP contribution in [0.2, 0.25) is 0 Å². The molecule has 8 heteroatoms. The van der Waals surface area contributed by atoms with Crippen LogP contribution in [0.3, 0.4) is 0 Å². The number of fused-ring (bicyclic) bond motifs is 3. The molecule has 3 atom stereocenters. The standard InChI is InChI=1S/C26H30N2O6/c1-16(12-24(30)28-14-17(29)13-23(28)25(31)32)10-11-27-26(33)34-15-22-20-8-4-2-6-18(20)19-7-3-5-9-21(19)22/h2-9,16-17,22-23,29H,10-15H2,1H3,(H,27,33)(H,31,32)/t16?,17-,23+/m1/s1. The molecule has 0 radical (unpaired) electrons. The number of carboxylic acid groups (broad SMARTS) is 1. The van der Waals surface area contributed by atoms with Gasteiger partial charge < -0.3 is 25.2 Å². The largest absolute Gasteiger partial charge is 0.480 e. The number of rotatable bonds is 8. The van der Waals surface area contributed by atoms with Gasteiger partial charge in [0.25, 0.3) is 0 Å². The molecule has 0 bridgehead atoms. The molecule has 8 nitrogen and oxygen atoms in total. The van der Waals surface area contributed by atoms with Crippen LogP contribution >= 0.6 is 0 Å². The van der Waals surface area contributed by atoms with Crippen LogP contribution in [-0.2, 0) is 14.3 Å². The fourth-order valence-electron chi connectivity index (χ4n) is 4.91. The number of aliphatic carboxylic acids is 1. The molecule has 0 spiro atoms. The number of nitrogens with zero attached hydrogens (tertiary/aromatic N) is 1. The van der Waals surface area contributed by atoms with Crippen LogP contribution < -0.4 is 5.32 Å². The molecule has 1 saturated heterocycles. The summed E-state index contributed by atoms with van der Waals surface area (Å²) in [5.74, 6) is -1.46. The van der Waals surface area contributed by atoms with Crippen molar-refractivity contribution in [3.8, 4) is 11.1 Å². The first-order chi connectivity index (χ1) is 16.3. The number of ether oxygens (including phenoxy) is 1. The highest BCUT2D eigenvalue weighted by Gasteiger charge is 2.39. The molecule has 1 heterocycles. The summed E-state index contributed by atoms with van der Waals surface area (Å²) in [6, 6.07) is 15.3. The van der Waals surface area contributed by atoms with E-state index in [-0.39, 0.29) is 43.7 Å². The first-order valence-electron chi connectivity index (χ1n) is 11.6. The Morgan fingerprint density at radius 1 is 1.09 bits per heavy atom. The van der Waals surface area contributed by atoms with E-state index in [0.717, 1.165) is 11.1 Å². The van der Waals surface area contributed by atoms with Crippen molar-refractivity contribution < 1.29 is 29.3 Å². The Labute approximate surface area is 198 Å². The number of hydrogen-bond donors (Lipinski definition) is 3. The lowest BCUT2D eigenvalue weighted by atomic mass is 9.98. The Hall–Kier alpha value is -3.39. The number of carbonyl (C=O) groups excluding carboxylic acids is 2. The summed E-state index contributed by atoms with van der Waals surface area (Å²) < 4.78 is 5.52. The van der Waals surface area contributed by atoms with Crippen LogP contribution in [0.5, 0.6) is 0 Å². The van der Waals surface area contributed by atoms with E-state index in [1.165, 1.54) is 16.0 Å². The average Bonchev–Trinajstić information content (AvgIpc) is 3.36. The lowest BCUT2D eigenvalue weighted by Crippen LogP contribution is -2.41. The number of benzene rings is 2. The molecule has 2 amide bonds. The monoisotopic (exact) mass is 466 g/mol. The second-order valence-corrected chi connectivity index (χ2v) is 9.14. The first-order valence-corrected chi connectivity index (χ1v) is 11.6. The molecule has 1 aliphatic heterocycles. The molecule has 2 aliphatic rings. The third kappa shape index (κ3) is 5.07. The molecule has 4 rings (SSSR count). The SMILES string of the molecule is CC(CCNC(=O)OCC1c2ccccc2-c2ccccc21)CC(=O)N1C[C@H](O)C[C@H]1C(=O)O. The Morgan fingerprint density at radius 3 is 2.32 bits per heavy atom. The number of alkyl carbamates (subject to hydrolysis) is 1. The third-order valence-electron chi connectivity index (χ3n) is 6.66. The minimum absolute atomic E-state index is 0.00677. The molecule has 1 unspecified atom stereocenters. The summed E-state index contributed by atoms with van der Waals surface area (Å²) in [5, 5.41) is 21.7. The molecule has 2 aromatic carbocycles. The second-order valence-electron chi connectivity index (χ2n) is 9.14. The number of nitrogens with one attached hydrogen (secondary N) is 1. The lowest BCUT2D eigenvalue weighted by molar-refractivity contribution is -0.148. The maximum Gasteiger partial charge on any atom is 0.407 e. The summed E-state index contributed by atoms with van der Waals surface area (Å²) in [7, 11) is 0. The van der Waals surface area contributed by atoms with Crippen LogP contribution in [0.4, 0.5) is 4.79 Å². The molecule has 2 aromatic rings. The van der Waals surface area contributed by atoms with E-state index in [1.54, 1.807) is 0 Å². The third-order valence-corrected chi connectivity index (χ3v) is 6.66. The van der Waals surface area contributed by atoms with Crippen LogP contribution in [0.25, 0.3) is 11.1 Å². The van der Waals surface area contributed by atoms with Gasteiger partial charge in [-0.15, -0.1) is 0 Å². The predicted molar refractivity (Wildman–Crippen MR) is 125 cm³/mol. The Balaban J connectivity index is 1.22. The number of carboxylic acids is 1. The summed E-state index contributed by atoms with van der Waals surface area (Å²) >= 11 is 0. The van der Waals surface area contributed by atoms with Gasteiger partial charge in [0.15, 0.2) is 0 Å². The molecule has 0 saturated carbocycles. The summed E-state index contributed by atoms with van der Waals surface area (Å²) in [6.45, 7) is 2.50. The van der Waals surface area contributed by atoms with Crippen LogP contribution in [0.15, 0.2) is 48.5 Å². The Bertz CT molecular complexity index is 1030. The van der Waals surface area contributed by atoms with Gasteiger partial charge >= 0.3 is 12.1 Å². The molecule has 1 fully saturated rings. The number of aliphatic hydroxyl groups excluding tert-OH is 1.